The van der Waals surface area contributed by atoms with Crippen LogP contribution in [0.15, 0.2) is 66.1 Å². The lowest BCUT2D eigenvalue weighted by atomic mass is 10.1. The summed E-state index contributed by atoms with van der Waals surface area (Å²) in [6.07, 6.45) is 1.43. The summed E-state index contributed by atoms with van der Waals surface area (Å²) in [6.45, 7) is 6.02. The molecule has 0 unspecified atom stereocenters. The summed E-state index contributed by atoms with van der Waals surface area (Å²) in [6, 6.07) is 11.9. The summed E-state index contributed by atoms with van der Waals surface area (Å²) in [4.78, 5) is 14.3. The van der Waals surface area contributed by atoms with Gasteiger partial charge in [0.1, 0.15) is 5.82 Å². The summed E-state index contributed by atoms with van der Waals surface area (Å²) in [5, 5.41) is 0. The lowest BCUT2D eigenvalue weighted by molar-refractivity contribution is 0.0752. The third-order valence-corrected chi connectivity index (χ3v) is 5.16. The highest BCUT2D eigenvalue weighted by Crippen LogP contribution is 2.15. The molecule has 0 saturated carbocycles. The van der Waals surface area contributed by atoms with Gasteiger partial charge < -0.3 is 4.90 Å². The molecular formula is C19H21FN2O3S. The third kappa shape index (κ3) is 5.00. The van der Waals surface area contributed by atoms with Gasteiger partial charge in [-0.2, -0.15) is 0 Å². The Balaban J connectivity index is 2.24. The molecule has 0 heterocycles. The number of rotatable bonds is 8. The number of amides is 1. The molecule has 2 aromatic carbocycles. The van der Waals surface area contributed by atoms with Crippen molar-refractivity contribution in [1.29, 1.82) is 0 Å². The first kappa shape index (κ1) is 19.8. The number of hydrogen-bond acceptors (Lipinski definition) is 3. The molecule has 5 nitrogen and oxygen atoms in total. The smallest absolute Gasteiger partial charge is 0.254 e. The van der Waals surface area contributed by atoms with E-state index in [0.717, 1.165) is 0 Å². The largest absolute Gasteiger partial charge is 0.335 e. The van der Waals surface area contributed by atoms with Gasteiger partial charge in [0, 0.05) is 25.2 Å². The Labute approximate surface area is 153 Å². The highest BCUT2D eigenvalue weighted by molar-refractivity contribution is 7.89. The molecule has 2 aromatic rings. The van der Waals surface area contributed by atoms with Gasteiger partial charge in [-0.15, -0.1) is 6.58 Å². The van der Waals surface area contributed by atoms with Gasteiger partial charge in [0.05, 0.1) is 4.90 Å². The van der Waals surface area contributed by atoms with Crippen molar-refractivity contribution < 1.29 is 17.6 Å². The first-order chi connectivity index (χ1) is 12.4. The molecule has 0 spiro atoms. The maximum Gasteiger partial charge on any atom is 0.254 e. The highest BCUT2D eigenvalue weighted by Gasteiger charge is 2.19. The minimum absolute atomic E-state index is 0.00649. The monoisotopic (exact) mass is 376 g/mol. The number of hydrogen-bond donors (Lipinski definition) is 1. The topological polar surface area (TPSA) is 66.5 Å². The maximum absolute atomic E-state index is 13.3. The minimum atomic E-state index is -3.72. The number of carbonyl (C=O) groups excluding carboxylic acids is 1. The van der Waals surface area contributed by atoms with Crippen LogP contribution in [0.4, 0.5) is 4.39 Å². The number of nitrogens with zero attached hydrogens (tertiary/aromatic N) is 1. The zero-order chi connectivity index (χ0) is 19.2. The van der Waals surface area contributed by atoms with E-state index in [9.17, 15) is 17.6 Å². The van der Waals surface area contributed by atoms with Gasteiger partial charge in [-0.1, -0.05) is 24.3 Å². The second-order valence-corrected chi connectivity index (χ2v) is 7.38. The van der Waals surface area contributed by atoms with Crippen molar-refractivity contribution in [2.45, 2.75) is 18.4 Å². The Morgan fingerprint density at radius 1 is 1.23 bits per heavy atom. The van der Waals surface area contributed by atoms with Crippen LogP contribution in [-0.4, -0.2) is 32.3 Å². The first-order valence-corrected chi connectivity index (χ1v) is 9.60. The average Bonchev–Trinajstić information content (AvgIpc) is 2.64. The molecule has 0 fully saturated rings. The lowest BCUT2D eigenvalue weighted by Crippen LogP contribution is -2.30. The van der Waals surface area contributed by atoms with E-state index in [4.69, 9.17) is 0 Å². The SMILES string of the molecule is C=CCNS(=O)(=O)c1cccc(C(=O)N(CC)Cc2cccc(F)c2)c1. The zero-order valence-electron chi connectivity index (χ0n) is 14.5. The first-order valence-electron chi connectivity index (χ1n) is 8.11. The van der Waals surface area contributed by atoms with Gasteiger partial charge >= 0.3 is 0 Å². The van der Waals surface area contributed by atoms with E-state index in [-0.39, 0.29) is 35.3 Å². The van der Waals surface area contributed by atoms with Gasteiger partial charge in [0.25, 0.3) is 5.91 Å². The van der Waals surface area contributed by atoms with Crippen LogP contribution < -0.4 is 4.72 Å². The van der Waals surface area contributed by atoms with Gasteiger partial charge in [-0.25, -0.2) is 17.5 Å². The van der Waals surface area contributed by atoms with Crippen LogP contribution in [-0.2, 0) is 16.6 Å². The fourth-order valence-electron chi connectivity index (χ4n) is 2.41. The maximum atomic E-state index is 13.3. The molecule has 26 heavy (non-hydrogen) atoms. The van der Waals surface area contributed by atoms with Crippen LogP contribution in [0.3, 0.4) is 0 Å². The molecule has 138 valence electrons. The van der Waals surface area contributed by atoms with Crippen molar-refractivity contribution in [3.8, 4) is 0 Å². The number of sulfonamides is 1. The normalized spacial score (nSPS) is 11.2. The van der Waals surface area contributed by atoms with Crippen LogP contribution in [0.5, 0.6) is 0 Å². The van der Waals surface area contributed by atoms with Gasteiger partial charge in [0.15, 0.2) is 0 Å². The number of nitrogens with one attached hydrogen (secondary N) is 1. The standard InChI is InChI=1S/C19H21FN2O3S/c1-3-11-21-26(24,25)18-10-6-8-16(13-18)19(23)22(4-2)14-15-7-5-9-17(20)12-15/h3,5-10,12-13,21H,1,4,11,14H2,2H3. The second-order valence-electron chi connectivity index (χ2n) is 5.62. The molecule has 7 heteroatoms. The molecule has 0 atom stereocenters. The molecule has 0 aliphatic rings. The number of carbonyl (C=O) groups is 1. The van der Waals surface area contributed by atoms with E-state index in [0.29, 0.717) is 12.1 Å². The van der Waals surface area contributed by atoms with Gasteiger partial charge in [-0.3, -0.25) is 4.79 Å². The summed E-state index contributed by atoms with van der Waals surface area (Å²) < 4.78 is 40.1. The molecule has 0 saturated heterocycles. The van der Waals surface area contributed by atoms with Gasteiger partial charge in [0.2, 0.25) is 10.0 Å². The molecular weight excluding hydrogens is 355 g/mol. The van der Waals surface area contributed by atoms with E-state index < -0.39 is 10.0 Å². The fraction of sp³-hybridized carbons (Fsp3) is 0.211. The van der Waals surface area contributed by atoms with Crippen molar-refractivity contribution in [2.75, 3.05) is 13.1 Å². The second kappa shape index (κ2) is 8.73. The van der Waals surface area contributed by atoms with Gasteiger partial charge in [-0.05, 0) is 42.8 Å². The van der Waals surface area contributed by atoms with Crippen molar-refractivity contribution in [3.05, 3.63) is 78.1 Å². The molecule has 2 rings (SSSR count). The van der Waals surface area contributed by atoms with Crippen molar-refractivity contribution in [2.24, 2.45) is 0 Å². The lowest BCUT2D eigenvalue weighted by Gasteiger charge is -2.21. The van der Waals surface area contributed by atoms with Crippen LogP contribution >= 0.6 is 0 Å². The fourth-order valence-corrected chi connectivity index (χ4v) is 3.46. The third-order valence-electron chi connectivity index (χ3n) is 3.74. The zero-order valence-corrected chi connectivity index (χ0v) is 15.3. The van der Waals surface area contributed by atoms with E-state index >= 15 is 0 Å². The molecule has 0 aromatic heterocycles. The quantitative estimate of drug-likeness (QED) is 0.721. The number of halogens is 1. The van der Waals surface area contributed by atoms with E-state index in [1.807, 2.05) is 6.92 Å². The van der Waals surface area contributed by atoms with Crippen LogP contribution in [0.1, 0.15) is 22.8 Å². The molecule has 0 aliphatic heterocycles. The summed E-state index contributed by atoms with van der Waals surface area (Å²) >= 11 is 0. The highest BCUT2D eigenvalue weighted by atomic mass is 32.2. The Morgan fingerprint density at radius 2 is 1.96 bits per heavy atom. The molecule has 0 bridgehead atoms. The van der Waals surface area contributed by atoms with E-state index in [1.54, 1.807) is 18.2 Å². The Kier molecular flexibility index (Phi) is 6.65. The van der Waals surface area contributed by atoms with E-state index in [2.05, 4.69) is 11.3 Å². The Bertz CT molecular complexity index is 897. The molecule has 1 amide bonds. The Hall–Kier alpha value is -2.51. The van der Waals surface area contributed by atoms with Crippen molar-refractivity contribution in [3.63, 3.8) is 0 Å². The van der Waals surface area contributed by atoms with E-state index in [1.165, 1.54) is 41.3 Å². The molecule has 0 radical (unpaired) electrons. The van der Waals surface area contributed by atoms with Crippen LogP contribution in [0.2, 0.25) is 0 Å². The summed E-state index contributed by atoms with van der Waals surface area (Å²) in [5.41, 5.74) is 0.918. The van der Waals surface area contributed by atoms with Crippen LogP contribution in [0, 0.1) is 5.82 Å². The summed E-state index contributed by atoms with van der Waals surface area (Å²) in [5.74, 6) is -0.690. The predicted molar refractivity (Wildman–Crippen MR) is 98.6 cm³/mol. The minimum Gasteiger partial charge on any atom is -0.335 e. The Morgan fingerprint density at radius 3 is 2.62 bits per heavy atom. The average molecular weight is 376 g/mol. The van der Waals surface area contributed by atoms with Crippen LogP contribution in [0.25, 0.3) is 0 Å². The molecule has 1 N–H and O–H groups in total. The van der Waals surface area contributed by atoms with Crippen molar-refractivity contribution in [1.82, 2.24) is 9.62 Å². The molecule has 0 aliphatic carbocycles. The predicted octanol–water partition coefficient (Wildman–Crippen LogP) is 2.95. The number of benzene rings is 2. The van der Waals surface area contributed by atoms with Crippen molar-refractivity contribution >= 4 is 15.9 Å². The summed E-state index contributed by atoms with van der Waals surface area (Å²) in [7, 11) is -3.72.